The molecule has 0 atom stereocenters. The quantitative estimate of drug-likeness (QED) is 0.530. The summed E-state index contributed by atoms with van der Waals surface area (Å²) in [4.78, 5) is 4.20. The number of hydrogen-bond donors (Lipinski definition) is 0. The van der Waals surface area contributed by atoms with Crippen LogP contribution in [0.15, 0.2) is 28.9 Å². The monoisotopic (exact) mass is 137 g/mol. The highest BCUT2D eigenvalue weighted by Crippen LogP contribution is 2.00. The highest BCUT2D eigenvalue weighted by Gasteiger charge is 1.83. The van der Waals surface area contributed by atoms with Gasteiger partial charge in [-0.3, -0.25) is 4.99 Å². The molecule has 0 rings (SSSR count). The molecule has 1 heteroatoms. The Balaban J connectivity index is 3.98. The molecule has 0 saturated heterocycles. The maximum atomic E-state index is 4.20. The topological polar surface area (TPSA) is 12.4 Å². The van der Waals surface area contributed by atoms with Crippen molar-refractivity contribution in [1.29, 1.82) is 0 Å². The van der Waals surface area contributed by atoms with Crippen molar-refractivity contribution in [2.45, 2.75) is 27.2 Å². The molecule has 0 fully saturated rings. The van der Waals surface area contributed by atoms with Gasteiger partial charge in [-0.15, -0.1) is 0 Å². The third-order valence-electron chi connectivity index (χ3n) is 1.15. The van der Waals surface area contributed by atoms with E-state index in [2.05, 4.69) is 18.5 Å². The van der Waals surface area contributed by atoms with Crippen molar-refractivity contribution in [2.75, 3.05) is 0 Å². The normalized spacial score (nSPS) is 12.5. The van der Waals surface area contributed by atoms with Gasteiger partial charge in [0.2, 0.25) is 0 Å². The van der Waals surface area contributed by atoms with Crippen LogP contribution in [0.3, 0.4) is 0 Å². The third kappa shape index (κ3) is 4.07. The van der Waals surface area contributed by atoms with Crippen molar-refractivity contribution in [3.63, 3.8) is 0 Å². The van der Waals surface area contributed by atoms with Gasteiger partial charge in [0.1, 0.15) is 0 Å². The van der Waals surface area contributed by atoms with Crippen LogP contribution in [0.2, 0.25) is 0 Å². The fraction of sp³-hybridized carbons (Fsp3) is 0.444. The first-order valence-electron chi connectivity index (χ1n) is 3.55. The number of nitrogens with zero attached hydrogens (tertiary/aromatic N) is 1. The summed E-state index contributed by atoms with van der Waals surface area (Å²) in [5.41, 5.74) is 2.11. The van der Waals surface area contributed by atoms with Crippen molar-refractivity contribution in [3.8, 4) is 0 Å². The van der Waals surface area contributed by atoms with E-state index < -0.39 is 0 Å². The lowest BCUT2D eigenvalue weighted by Gasteiger charge is -1.92. The van der Waals surface area contributed by atoms with Crippen LogP contribution in [0.25, 0.3) is 0 Å². The van der Waals surface area contributed by atoms with E-state index in [1.54, 1.807) is 6.21 Å². The minimum Gasteiger partial charge on any atom is -0.261 e. The van der Waals surface area contributed by atoms with E-state index in [0.29, 0.717) is 0 Å². The zero-order valence-electron chi connectivity index (χ0n) is 7.02. The molecule has 0 N–H and O–H groups in total. The summed E-state index contributed by atoms with van der Waals surface area (Å²) < 4.78 is 0. The molecule has 0 aliphatic heterocycles. The summed E-state index contributed by atoms with van der Waals surface area (Å²) in [6.07, 6.45) is 4.79. The fourth-order valence-corrected chi connectivity index (χ4v) is 0.563. The highest BCUT2D eigenvalue weighted by molar-refractivity contribution is 5.77. The lowest BCUT2D eigenvalue weighted by Crippen LogP contribution is -1.77. The van der Waals surface area contributed by atoms with Crippen molar-refractivity contribution >= 4 is 6.21 Å². The molecule has 0 bridgehead atoms. The standard InChI is InChI=1S/C9H15N/c1-5-9(6-2)10-7-8(3)4/h5,7H,3,6H2,1-2,4H3/b9-5-,10-7?. The van der Waals surface area contributed by atoms with Crippen LogP contribution in [0.4, 0.5) is 0 Å². The Morgan fingerprint density at radius 2 is 2.20 bits per heavy atom. The van der Waals surface area contributed by atoms with Crippen LogP contribution in [-0.2, 0) is 0 Å². The van der Waals surface area contributed by atoms with E-state index in [1.165, 1.54) is 0 Å². The van der Waals surface area contributed by atoms with Crippen molar-refractivity contribution < 1.29 is 0 Å². The molecular formula is C9H15N. The predicted octanol–water partition coefficient (Wildman–Crippen LogP) is 2.95. The Labute approximate surface area is 63.2 Å². The van der Waals surface area contributed by atoms with Gasteiger partial charge >= 0.3 is 0 Å². The van der Waals surface area contributed by atoms with Gasteiger partial charge in [-0.1, -0.05) is 19.6 Å². The van der Waals surface area contributed by atoms with Crippen LogP contribution in [0.5, 0.6) is 0 Å². The number of rotatable bonds is 3. The Morgan fingerprint density at radius 3 is 2.50 bits per heavy atom. The molecule has 0 aliphatic rings. The molecule has 0 amide bonds. The van der Waals surface area contributed by atoms with E-state index in [4.69, 9.17) is 0 Å². The van der Waals surface area contributed by atoms with Crippen LogP contribution in [-0.4, -0.2) is 6.21 Å². The number of allylic oxidation sites excluding steroid dienone is 3. The van der Waals surface area contributed by atoms with E-state index in [-0.39, 0.29) is 0 Å². The zero-order chi connectivity index (χ0) is 7.98. The minimum absolute atomic E-state index is 0.986. The Hall–Kier alpha value is -0.850. The van der Waals surface area contributed by atoms with Crippen molar-refractivity contribution in [2.24, 2.45) is 4.99 Å². The molecule has 0 aromatic carbocycles. The first-order chi connectivity index (χ1) is 4.70. The summed E-state index contributed by atoms with van der Waals surface area (Å²) in [5, 5.41) is 0. The van der Waals surface area contributed by atoms with Gasteiger partial charge in [-0.05, 0) is 25.8 Å². The molecular weight excluding hydrogens is 122 g/mol. The average Bonchev–Trinajstić information content (AvgIpc) is 1.90. The van der Waals surface area contributed by atoms with Crippen molar-refractivity contribution in [3.05, 3.63) is 23.9 Å². The van der Waals surface area contributed by atoms with Gasteiger partial charge in [-0.25, -0.2) is 0 Å². The molecule has 0 spiro atoms. The van der Waals surface area contributed by atoms with E-state index in [9.17, 15) is 0 Å². The van der Waals surface area contributed by atoms with Gasteiger partial charge in [0.05, 0.1) is 0 Å². The van der Waals surface area contributed by atoms with Gasteiger partial charge < -0.3 is 0 Å². The van der Waals surface area contributed by atoms with Crippen LogP contribution < -0.4 is 0 Å². The maximum Gasteiger partial charge on any atom is 0.0358 e. The predicted molar refractivity (Wildman–Crippen MR) is 47.4 cm³/mol. The molecule has 56 valence electrons. The molecule has 0 saturated carbocycles. The lowest BCUT2D eigenvalue weighted by atomic mass is 10.3. The average molecular weight is 137 g/mol. The summed E-state index contributed by atoms with van der Waals surface area (Å²) >= 11 is 0. The lowest BCUT2D eigenvalue weighted by molar-refractivity contribution is 1.06. The van der Waals surface area contributed by atoms with Gasteiger partial charge in [0.15, 0.2) is 0 Å². The summed E-state index contributed by atoms with van der Waals surface area (Å²) in [5.74, 6) is 0. The number of hydrogen-bond acceptors (Lipinski definition) is 1. The Morgan fingerprint density at radius 1 is 1.60 bits per heavy atom. The van der Waals surface area contributed by atoms with Crippen LogP contribution in [0, 0.1) is 0 Å². The fourth-order valence-electron chi connectivity index (χ4n) is 0.563. The van der Waals surface area contributed by atoms with Crippen LogP contribution >= 0.6 is 0 Å². The molecule has 1 nitrogen and oxygen atoms in total. The van der Waals surface area contributed by atoms with Gasteiger partial charge in [0, 0.05) is 11.9 Å². The summed E-state index contributed by atoms with van der Waals surface area (Å²) in [6.45, 7) is 9.74. The SMILES string of the molecule is C=C(C)C=N/C(=C\C)CC. The van der Waals surface area contributed by atoms with Crippen molar-refractivity contribution in [1.82, 2.24) is 0 Å². The minimum atomic E-state index is 0.986. The van der Waals surface area contributed by atoms with E-state index >= 15 is 0 Å². The molecule has 0 aliphatic carbocycles. The zero-order valence-corrected chi connectivity index (χ0v) is 7.02. The second kappa shape index (κ2) is 4.98. The second-order valence-electron chi connectivity index (χ2n) is 2.24. The molecule has 0 heterocycles. The molecule has 0 unspecified atom stereocenters. The third-order valence-corrected chi connectivity index (χ3v) is 1.15. The molecule has 0 radical (unpaired) electrons. The Bertz CT molecular complexity index is 164. The highest BCUT2D eigenvalue weighted by atomic mass is 14.7. The smallest absolute Gasteiger partial charge is 0.0358 e. The maximum absolute atomic E-state index is 4.20. The first kappa shape index (κ1) is 9.15. The molecule has 10 heavy (non-hydrogen) atoms. The van der Waals surface area contributed by atoms with Gasteiger partial charge in [0.25, 0.3) is 0 Å². The van der Waals surface area contributed by atoms with Gasteiger partial charge in [-0.2, -0.15) is 0 Å². The largest absolute Gasteiger partial charge is 0.261 e. The second-order valence-corrected chi connectivity index (χ2v) is 2.24. The van der Waals surface area contributed by atoms with Crippen LogP contribution in [0.1, 0.15) is 27.2 Å². The number of aliphatic imine (C=N–C) groups is 1. The summed E-state index contributed by atoms with van der Waals surface area (Å²) in [6, 6.07) is 0. The Kier molecular flexibility index (Phi) is 4.55. The first-order valence-corrected chi connectivity index (χ1v) is 3.55. The van der Waals surface area contributed by atoms with E-state index in [0.717, 1.165) is 17.7 Å². The molecule has 0 aromatic rings. The molecule has 0 aromatic heterocycles. The summed E-state index contributed by atoms with van der Waals surface area (Å²) in [7, 11) is 0. The van der Waals surface area contributed by atoms with E-state index in [1.807, 2.05) is 19.9 Å².